The van der Waals surface area contributed by atoms with E-state index in [2.05, 4.69) is 23.8 Å². The van der Waals surface area contributed by atoms with Crippen molar-refractivity contribution in [2.75, 3.05) is 21.1 Å². The van der Waals surface area contributed by atoms with Gasteiger partial charge in [-0.15, -0.1) is 0 Å². The molecule has 0 amide bonds. The Morgan fingerprint density at radius 2 is 2.17 bits per heavy atom. The number of nitrogen functional groups attached to an aromatic ring is 1. The van der Waals surface area contributed by atoms with Gasteiger partial charge in [0.2, 0.25) is 5.95 Å². The zero-order valence-electron chi connectivity index (χ0n) is 9.55. The summed E-state index contributed by atoms with van der Waals surface area (Å²) in [7, 11) is 0. The van der Waals surface area contributed by atoms with E-state index in [0.717, 1.165) is 0 Å². The van der Waals surface area contributed by atoms with Gasteiger partial charge in [0.05, 0.1) is 41.2 Å². The van der Waals surface area contributed by atoms with E-state index >= 15 is 0 Å². The van der Waals surface area contributed by atoms with E-state index < -0.39 is 12.2 Å². The van der Waals surface area contributed by atoms with Crippen LogP contribution in [0.4, 0.5) is 23.3 Å². The first kappa shape index (κ1) is 13.2. The molecule has 2 atom stereocenters. The third-order valence-corrected chi connectivity index (χ3v) is 2.99. The van der Waals surface area contributed by atoms with Crippen molar-refractivity contribution >= 4 is 51.8 Å². The molecular formula is C9H13IN6O2. The van der Waals surface area contributed by atoms with Crippen molar-refractivity contribution in [3.05, 3.63) is 0 Å². The van der Waals surface area contributed by atoms with Crippen molar-refractivity contribution in [2.24, 2.45) is 4.99 Å². The van der Waals surface area contributed by atoms with E-state index in [0.29, 0.717) is 29.6 Å². The topological polar surface area (TPSA) is 129 Å². The highest BCUT2D eigenvalue weighted by Crippen LogP contribution is 2.34. The van der Waals surface area contributed by atoms with Gasteiger partial charge >= 0.3 is 0 Å². The van der Waals surface area contributed by atoms with Crippen LogP contribution in [-0.4, -0.2) is 44.6 Å². The summed E-state index contributed by atoms with van der Waals surface area (Å²) in [6.07, 6.45) is -1.91. The number of nitrogens with zero attached hydrogens (tertiary/aromatic N) is 3. The summed E-state index contributed by atoms with van der Waals surface area (Å²) in [6, 6.07) is 0. The second kappa shape index (κ2) is 5.20. The standard InChI is InChI=1S/C9H13IN6O2/c1-3(17)6(18)4-2-12-7-5(13-4)8(16-10)15-9(11)14-7/h3,6,17-18H,2H2,1H3,(H4,11,12,14,15,16). The maximum atomic E-state index is 9.79. The molecule has 1 aliphatic rings. The van der Waals surface area contributed by atoms with Crippen LogP contribution in [0.15, 0.2) is 4.99 Å². The van der Waals surface area contributed by atoms with Crippen molar-refractivity contribution in [2.45, 2.75) is 19.1 Å². The second-order valence-corrected chi connectivity index (χ2v) is 4.40. The summed E-state index contributed by atoms with van der Waals surface area (Å²) in [6.45, 7) is 1.80. The third-order valence-electron chi connectivity index (χ3n) is 2.48. The van der Waals surface area contributed by atoms with Crippen molar-refractivity contribution in [3.8, 4) is 0 Å². The number of hydrogen-bond acceptors (Lipinski definition) is 8. The summed E-state index contributed by atoms with van der Waals surface area (Å²) in [5.41, 5.74) is 6.46. The Bertz CT molecular complexity index is 492. The Morgan fingerprint density at radius 3 is 2.78 bits per heavy atom. The number of aliphatic imine (C=N–C) groups is 1. The van der Waals surface area contributed by atoms with Crippen molar-refractivity contribution in [3.63, 3.8) is 0 Å². The molecule has 6 N–H and O–H groups in total. The van der Waals surface area contributed by atoms with E-state index in [1.807, 2.05) is 22.9 Å². The summed E-state index contributed by atoms with van der Waals surface area (Å²) >= 11 is 1.91. The maximum Gasteiger partial charge on any atom is 0.224 e. The van der Waals surface area contributed by atoms with Crippen molar-refractivity contribution < 1.29 is 10.2 Å². The molecule has 0 bridgehead atoms. The smallest absolute Gasteiger partial charge is 0.224 e. The zero-order valence-corrected chi connectivity index (χ0v) is 11.7. The number of nitrogens with two attached hydrogens (primary N) is 1. The number of fused-ring (bicyclic) bond motifs is 1. The SMILES string of the molecule is CC(O)C(O)C1=Nc2c(NI)nc(N)nc2NC1. The number of nitrogens with one attached hydrogen (secondary N) is 2. The molecule has 0 fully saturated rings. The molecule has 2 unspecified atom stereocenters. The minimum Gasteiger partial charge on any atom is -0.390 e. The van der Waals surface area contributed by atoms with Crippen LogP contribution >= 0.6 is 22.9 Å². The molecule has 98 valence electrons. The van der Waals surface area contributed by atoms with Crippen LogP contribution in [0.2, 0.25) is 0 Å². The molecule has 0 spiro atoms. The molecule has 1 aromatic rings. The first-order chi connectivity index (χ1) is 8.52. The highest BCUT2D eigenvalue weighted by Gasteiger charge is 2.24. The van der Waals surface area contributed by atoms with Crippen molar-refractivity contribution in [1.29, 1.82) is 0 Å². The lowest BCUT2D eigenvalue weighted by Gasteiger charge is -2.22. The highest BCUT2D eigenvalue weighted by atomic mass is 127. The average molecular weight is 364 g/mol. The van der Waals surface area contributed by atoms with E-state index in [-0.39, 0.29) is 5.95 Å². The van der Waals surface area contributed by atoms with Crippen molar-refractivity contribution in [1.82, 2.24) is 9.97 Å². The molecule has 1 aliphatic heterocycles. The Morgan fingerprint density at radius 1 is 1.44 bits per heavy atom. The number of aromatic nitrogens is 2. The molecule has 1 aromatic heterocycles. The van der Waals surface area contributed by atoms with Gasteiger partial charge in [-0.3, -0.25) is 0 Å². The van der Waals surface area contributed by atoms with Crippen LogP contribution < -0.4 is 14.6 Å². The quantitative estimate of drug-likeness (QED) is 0.379. The summed E-state index contributed by atoms with van der Waals surface area (Å²) in [4.78, 5) is 12.3. The Labute approximate surface area is 117 Å². The minimum absolute atomic E-state index is 0.134. The second-order valence-electron chi connectivity index (χ2n) is 3.86. The number of hydrogen-bond donors (Lipinski definition) is 5. The normalized spacial score (nSPS) is 17.2. The van der Waals surface area contributed by atoms with Gasteiger partial charge in [-0.05, 0) is 6.92 Å². The number of rotatable bonds is 3. The summed E-state index contributed by atoms with van der Waals surface area (Å²) in [5, 5.41) is 22.1. The van der Waals surface area contributed by atoms with Gasteiger partial charge in [0.15, 0.2) is 11.6 Å². The van der Waals surface area contributed by atoms with Crippen LogP contribution in [0.3, 0.4) is 0 Å². The Balaban J connectivity index is 2.44. The average Bonchev–Trinajstić information content (AvgIpc) is 2.36. The molecule has 0 aliphatic carbocycles. The lowest BCUT2D eigenvalue weighted by atomic mass is 10.1. The highest BCUT2D eigenvalue weighted by molar-refractivity contribution is 14.1. The van der Waals surface area contributed by atoms with E-state index in [1.165, 1.54) is 6.92 Å². The van der Waals surface area contributed by atoms with Gasteiger partial charge in [-0.1, -0.05) is 0 Å². The fourth-order valence-corrected chi connectivity index (χ4v) is 1.95. The number of anilines is 3. The number of aliphatic hydroxyl groups is 2. The van der Waals surface area contributed by atoms with Gasteiger partial charge in [-0.25, -0.2) is 4.99 Å². The maximum absolute atomic E-state index is 9.79. The monoisotopic (exact) mass is 364 g/mol. The van der Waals surface area contributed by atoms with Gasteiger partial charge < -0.3 is 24.8 Å². The molecule has 18 heavy (non-hydrogen) atoms. The first-order valence-electron chi connectivity index (χ1n) is 5.24. The van der Waals surface area contributed by atoms with E-state index in [1.54, 1.807) is 0 Å². The van der Waals surface area contributed by atoms with Gasteiger partial charge in [0.25, 0.3) is 0 Å². The fourth-order valence-electron chi connectivity index (χ4n) is 1.57. The molecule has 8 nitrogen and oxygen atoms in total. The molecule has 0 saturated heterocycles. The predicted octanol–water partition coefficient (Wildman–Crippen LogP) is 0.0604. The summed E-state index contributed by atoms with van der Waals surface area (Å²) in [5.74, 6) is 1.10. The largest absolute Gasteiger partial charge is 0.390 e. The molecule has 2 heterocycles. The van der Waals surface area contributed by atoms with Gasteiger partial charge in [0, 0.05) is 0 Å². The first-order valence-corrected chi connectivity index (χ1v) is 6.32. The van der Waals surface area contributed by atoms with Gasteiger partial charge in [0.1, 0.15) is 11.8 Å². The predicted molar refractivity (Wildman–Crippen MR) is 77.4 cm³/mol. The van der Waals surface area contributed by atoms with Crippen LogP contribution in [0.25, 0.3) is 0 Å². The minimum atomic E-state index is -1.02. The molecular weight excluding hydrogens is 351 g/mol. The van der Waals surface area contributed by atoms with E-state index in [9.17, 15) is 10.2 Å². The zero-order chi connectivity index (χ0) is 13.3. The number of aliphatic hydroxyl groups excluding tert-OH is 2. The molecule has 0 aromatic carbocycles. The Kier molecular flexibility index (Phi) is 3.82. The fraction of sp³-hybridized carbons (Fsp3) is 0.444. The third kappa shape index (κ3) is 2.47. The lowest BCUT2D eigenvalue weighted by Crippen LogP contribution is -2.37. The molecule has 2 rings (SSSR count). The Hall–Kier alpha value is -1.20. The van der Waals surface area contributed by atoms with Crippen LogP contribution in [0.5, 0.6) is 0 Å². The van der Waals surface area contributed by atoms with Gasteiger partial charge in [-0.2, -0.15) is 9.97 Å². The lowest BCUT2D eigenvalue weighted by molar-refractivity contribution is 0.0731. The van der Waals surface area contributed by atoms with Crippen LogP contribution in [0.1, 0.15) is 6.92 Å². The molecule has 9 heteroatoms. The number of halogens is 1. The van der Waals surface area contributed by atoms with Crippen LogP contribution in [0, 0.1) is 0 Å². The summed E-state index contributed by atoms with van der Waals surface area (Å²) < 4.78 is 2.83. The van der Waals surface area contributed by atoms with E-state index in [4.69, 9.17) is 5.73 Å². The molecule has 0 saturated carbocycles. The molecule has 0 radical (unpaired) electrons. The van der Waals surface area contributed by atoms with Crippen LogP contribution in [-0.2, 0) is 0 Å².